The smallest absolute Gasteiger partial charge is 0.246 e. The SMILES string of the molecule is Cc1ccc(C)c(Oc2cnnc(Cl)n2)c1. The Bertz CT molecular complexity index is 516. The molecular weight excluding hydrogens is 226 g/mol. The summed E-state index contributed by atoms with van der Waals surface area (Å²) in [5, 5.41) is 7.28. The van der Waals surface area contributed by atoms with E-state index in [1.54, 1.807) is 0 Å². The van der Waals surface area contributed by atoms with E-state index < -0.39 is 0 Å². The van der Waals surface area contributed by atoms with Crippen LogP contribution in [-0.2, 0) is 0 Å². The van der Waals surface area contributed by atoms with E-state index in [2.05, 4.69) is 15.2 Å². The zero-order chi connectivity index (χ0) is 11.5. The molecule has 1 aromatic heterocycles. The van der Waals surface area contributed by atoms with Crippen molar-refractivity contribution in [3.8, 4) is 11.6 Å². The van der Waals surface area contributed by atoms with E-state index >= 15 is 0 Å². The second-order valence-electron chi connectivity index (χ2n) is 3.43. The highest BCUT2D eigenvalue weighted by atomic mass is 35.5. The molecule has 2 rings (SSSR count). The standard InChI is InChI=1S/C11H10ClN3O/c1-7-3-4-8(2)9(5-7)16-10-6-13-15-11(12)14-10/h3-6H,1-2H3. The highest BCUT2D eigenvalue weighted by Crippen LogP contribution is 2.24. The van der Waals surface area contributed by atoms with Crippen LogP contribution in [0.3, 0.4) is 0 Å². The Balaban J connectivity index is 2.30. The van der Waals surface area contributed by atoms with E-state index in [0.717, 1.165) is 16.9 Å². The molecule has 1 heterocycles. The van der Waals surface area contributed by atoms with Gasteiger partial charge in [0.05, 0.1) is 0 Å². The van der Waals surface area contributed by atoms with Crippen molar-refractivity contribution >= 4 is 11.6 Å². The van der Waals surface area contributed by atoms with Gasteiger partial charge in [-0.1, -0.05) is 12.1 Å². The van der Waals surface area contributed by atoms with E-state index in [1.165, 1.54) is 6.20 Å². The molecule has 0 saturated carbocycles. The minimum atomic E-state index is 0.0720. The first kappa shape index (κ1) is 10.8. The molecule has 0 bridgehead atoms. The molecule has 2 aromatic rings. The van der Waals surface area contributed by atoms with E-state index in [0.29, 0.717) is 5.88 Å². The lowest BCUT2D eigenvalue weighted by molar-refractivity contribution is 0.453. The van der Waals surface area contributed by atoms with Crippen LogP contribution < -0.4 is 4.74 Å². The van der Waals surface area contributed by atoms with Gasteiger partial charge in [-0.05, 0) is 42.6 Å². The number of aromatic nitrogens is 3. The third-order valence-corrected chi connectivity index (χ3v) is 2.23. The number of benzene rings is 1. The van der Waals surface area contributed by atoms with Gasteiger partial charge in [-0.2, -0.15) is 10.1 Å². The Kier molecular flexibility index (Phi) is 3.01. The van der Waals surface area contributed by atoms with Crippen LogP contribution >= 0.6 is 11.6 Å². The molecule has 0 N–H and O–H groups in total. The average molecular weight is 236 g/mol. The van der Waals surface area contributed by atoms with Gasteiger partial charge >= 0.3 is 0 Å². The lowest BCUT2D eigenvalue weighted by Gasteiger charge is -2.07. The fraction of sp³-hybridized carbons (Fsp3) is 0.182. The molecule has 0 saturated heterocycles. The van der Waals surface area contributed by atoms with Crippen molar-refractivity contribution in [3.05, 3.63) is 40.8 Å². The topological polar surface area (TPSA) is 47.9 Å². The van der Waals surface area contributed by atoms with E-state index in [-0.39, 0.29) is 5.28 Å². The average Bonchev–Trinajstić information content (AvgIpc) is 2.24. The first-order valence-electron chi connectivity index (χ1n) is 4.75. The molecule has 0 unspecified atom stereocenters. The van der Waals surface area contributed by atoms with Crippen molar-refractivity contribution in [2.75, 3.05) is 0 Å². The molecule has 1 aromatic carbocycles. The number of rotatable bonds is 2. The predicted molar refractivity (Wildman–Crippen MR) is 60.8 cm³/mol. The van der Waals surface area contributed by atoms with Crippen LogP contribution in [0.1, 0.15) is 11.1 Å². The Morgan fingerprint density at radius 3 is 2.81 bits per heavy atom. The summed E-state index contributed by atoms with van der Waals surface area (Å²) >= 11 is 5.62. The Hall–Kier alpha value is -1.68. The number of hydrogen-bond donors (Lipinski definition) is 0. The molecule has 0 spiro atoms. The van der Waals surface area contributed by atoms with Gasteiger partial charge in [0.1, 0.15) is 11.9 Å². The molecule has 0 atom stereocenters. The van der Waals surface area contributed by atoms with Gasteiger partial charge in [-0.25, -0.2) is 0 Å². The molecule has 0 radical (unpaired) electrons. The highest BCUT2D eigenvalue weighted by molar-refractivity contribution is 6.28. The van der Waals surface area contributed by atoms with Crippen LogP contribution in [0.4, 0.5) is 0 Å². The van der Waals surface area contributed by atoms with Gasteiger partial charge in [0.25, 0.3) is 0 Å². The lowest BCUT2D eigenvalue weighted by Crippen LogP contribution is -1.94. The summed E-state index contributed by atoms with van der Waals surface area (Å²) < 4.78 is 5.57. The third-order valence-electron chi connectivity index (χ3n) is 2.07. The molecule has 0 fully saturated rings. The van der Waals surface area contributed by atoms with Gasteiger partial charge < -0.3 is 4.74 Å². The Labute approximate surface area is 98.3 Å². The lowest BCUT2D eigenvalue weighted by atomic mass is 10.1. The molecular formula is C11H10ClN3O. The minimum Gasteiger partial charge on any atom is -0.437 e. The van der Waals surface area contributed by atoms with Crippen molar-refractivity contribution in [1.29, 1.82) is 0 Å². The zero-order valence-corrected chi connectivity index (χ0v) is 9.69. The summed E-state index contributed by atoms with van der Waals surface area (Å²) in [6.07, 6.45) is 1.42. The molecule has 4 nitrogen and oxygen atoms in total. The first-order valence-corrected chi connectivity index (χ1v) is 5.13. The normalized spacial score (nSPS) is 10.2. The first-order chi connectivity index (χ1) is 7.65. The number of ether oxygens (including phenoxy) is 1. The summed E-state index contributed by atoms with van der Waals surface area (Å²) in [6.45, 7) is 3.96. The third kappa shape index (κ3) is 2.46. The summed E-state index contributed by atoms with van der Waals surface area (Å²) in [7, 11) is 0. The van der Waals surface area contributed by atoms with E-state index in [9.17, 15) is 0 Å². The van der Waals surface area contributed by atoms with Crippen molar-refractivity contribution in [2.24, 2.45) is 0 Å². The summed E-state index contributed by atoms with van der Waals surface area (Å²) in [4.78, 5) is 3.91. The summed E-state index contributed by atoms with van der Waals surface area (Å²) in [5.41, 5.74) is 2.15. The van der Waals surface area contributed by atoms with Crippen molar-refractivity contribution in [2.45, 2.75) is 13.8 Å². The van der Waals surface area contributed by atoms with Gasteiger partial charge in [0, 0.05) is 0 Å². The van der Waals surface area contributed by atoms with Crippen molar-refractivity contribution in [3.63, 3.8) is 0 Å². The molecule has 0 amide bonds. The fourth-order valence-electron chi connectivity index (χ4n) is 1.25. The Morgan fingerprint density at radius 2 is 2.06 bits per heavy atom. The molecule has 82 valence electrons. The van der Waals surface area contributed by atoms with Crippen LogP contribution in [0.2, 0.25) is 5.28 Å². The molecule has 16 heavy (non-hydrogen) atoms. The molecule has 0 aliphatic rings. The van der Waals surface area contributed by atoms with E-state index in [4.69, 9.17) is 16.3 Å². The van der Waals surface area contributed by atoms with Crippen LogP contribution in [0.15, 0.2) is 24.4 Å². The zero-order valence-electron chi connectivity index (χ0n) is 8.94. The van der Waals surface area contributed by atoms with Crippen LogP contribution in [0, 0.1) is 13.8 Å². The monoisotopic (exact) mass is 235 g/mol. The van der Waals surface area contributed by atoms with Gasteiger partial charge in [0.15, 0.2) is 0 Å². The maximum atomic E-state index is 5.62. The van der Waals surface area contributed by atoms with Crippen LogP contribution in [-0.4, -0.2) is 15.2 Å². The minimum absolute atomic E-state index is 0.0720. The molecule has 0 aliphatic carbocycles. The summed E-state index contributed by atoms with van der Waals surface area (Å²) in [6, 6.07) is 5.94. The Morgan fingerprint density at radius 1 is 1.25 bits per heavy atom. The number of aryl methyl sites for hydroxylation is 2. The van der Waals surface area contributed by atoms with Crippen molar-refractivity contribution in [1.82, 2.24) is 15.2 Å². The maximum Gasteiger partial charge on any atom is 0.246 e. The van der Waals surface area contributed by atoms with Crippen LogP contribution in [0.5, 0.6) is 11.6 Å². The second-order valence-corrected chi connectivity index (χ2v) is 3.77. The summed E-state index contributed by atoms with van der Waals surface area (Å²) in [5.74, 6) is 1.09. The van der Waals surface area contributed by atoms with Gasteiger partial charge in [-0.3, -0.25) is 0 Å². The van der Waals surface area contributed by atoms with E-state index in [1.807, 2.05) is 32.0 Å². The second kappa shape index (κ2) is 4.45. The molecule has 5 heteroatoms. The van der Waals surface area contributed by atoms with Crippen molar-refractivity contribution < 1.29 is 4.74 Å². The largest absolute Gasteiger partial charge is 0.437 e. The van der Waals surface area contributed by atoms with Gasteiger partial charge in [-0.15, -0.1) is 5.10 Å². The fourth-order valence-corrected chi connectivity index (χ4v) is 1.37. The predicted octanol–water partition coefficient (Wildman–Crippen LogP) is 2.93. The highest BCUT2D eigenvalue weighted by Gasteiger charge is 2.04. The van der Waals surface area contributed by atoms with Gasteiger partial charge in [0.2, 0.25) is 11.2 Å². The van der Waals surface area contributed by atoms with Crippen LogP contribution in [0.25, 0.3) is 0 Å². The number of halogens is 1. The molecule has 0 aliphatic heterocycles. The quantitative estimate of drug-likeness (QED) is 0.803. The maximum absolute atomic E-state index is 5.62. The number of hydrogen-bond acceptors (Lipinski definition) is 4. The number of nitrogens with zero attached hydrogens (tertiary/aromatic N) is 3.